The molecule has 0 bridgehead atoms. The van der Waals surface area contributed by atoms with Gasteiger partial charge in [0.15, 0.2) is 0 Å². The third kappa shape index (κ3) is 8.27. The minimum absolute atomic E-state index is 0.0139. The molecule has 1 atom stereocenters. The smallest absolute Gasteiger partial charge is 0.264 e. The molecule has 230 valence electrons. The highest BCUT2D eigenvalue weighted by Crippen LogP contribution is 2.27. The summed E-state index contributed by atoms with van der Waals surface area (Å²) in [4.78, 5) is 29.2. The van der Waals surface area contributed by atoms with E-state index in [2.05, 4.69) is 21.2 Å². The van der Waals surface area contributed by atoms with Crippen LogP contribution in [0.2, 0.25) is 0 Å². The molecule has 4 rings (SSSR count). The molecule has 0 heterocycles. The first kappa shape index (κ1) is 32.8. The quantitative estimate of drug-likeness (QED) is 0.195. The van der Waals surface area contributed by atoms with Gasteiger partial charge in [0.25, 0.3) is 10.0 Å². The second-order valence-corrected chi connectivity index (χ2v) is 13.0. The summed E-state index contributed by atoms with van der Waals surface area (Å²) in [6, 6.07) is 29.0. The largest absolute Gasteiger partial charge is 0.494 e. The number of carbonyl (C=O) groups is 2. The lowest BCUT2D eigenvalue weighted by molar-refractivity contribution is -0.139. The van der Waals surface area contributed by atoms with Gasteiger partial charge < -0.3 is 15.0 Å². The van der Waals surface area contributed by atoms with E-state index in [4.69, 9.17) is 4.74 Å². The molecule has 0 saturated carbocycles. The van der Waals surface area contributed by atoms with Crippen molar-refractivity contribution in [3.8, 4) is 5.75 Å². The highest BCUT2D eigenvalue weighted by atomic mass is 79.9. The molecule has 8 nitrogen and oxygen atoms in total. The van der Waals surface area contributed by atoms with E-state index < -0.39 is 28.5 Å². The number of benzene rings is 4. The minimum Gasteiger partial charge on any atom is -0.494 e. The highest BCUT2D eigenvalue weighted by molar-refractivity contribution is 9.10. The molecule has 0 aliphatic carbocycles. The average Bonchev–Trinajstić information content (AvgIpc) is 3.02. The van der Waals surface area contributed by atoms with Gasteiger partial charge in [-0.1, -0.05) is 76.1 Å². The molecule has 2 amide bonds. The van der Waals surface area contributed by atoms with E-state index in [1.807, 2.05) is 68.4 Å². The van der Waals surface area contributed by atoms with Crippen LogP contribution in [0.25, 0.3) is 0 Å². The van der Waals surface area contributed by atoms with E-state index in [1.54, 1.807) is 36.4 Å². The molecular weight excluding hydrogens is 642 g/mol. The van der Waals surface area contributed by atoms with Crippen molar-refractivity contribution in [2.24, 2.45) is 0 Å². The molecule has 0 radical (unpaired) electrons. The molecule has 1 N–H and O–H groups in total. The lowest BCUT2D eigenvalue weighted by Crippen LogP contribution is -2.53. The van der Waals surface area contributed by atoms with Gasteiger partial charge in [-0.05, 0) is 73.5 Å². The Morgan fingerprint density at radius 1 is 0.886 bits per heavy atom. The highest BCUT2D eigenvalue weighted by Gasteiger charge is 2.34. The molecule has 4 aromatic carbocycles. The van der Waals surface area contributed by atoms with Crippen LogP contribution >= 0.6 is 15.9 Å². The number of hydrogen-bond donors (Lipinski definition) is 1. The third-order valence-electron chi connectivity index (χ3n) is 7.08. The summed E-state index contributed by atoms with van der Waals surface area (Å²) in [6.07, 6.45) is 0.246. The van der Waals surface area contributed by atoms with Gasteiger partial charge in [0, 0.05) is 24.5 Å². The Bertz CT molecular complexity index is 1660. The van der Waals surface area contributed by atoms with Crippen molar-refractivity contribution in [1.82, 2.24) is 10.2 Å². The Labute approximate surface area is 267 Å². The number of halogens is 1. The van der Waals surface area contributed by atoms with E-state index >= 15 is 0 Å². The molecule has 4 aromatic rings. The van der Waals surface area contributed by atoms with Crippen LogP contribution in [0.3, 0.4) is 0 Å². The van der Waals surface area contributed by atoms with E-state index in [1.165, 1.54) is 24.1 Å². The van der Waals surface area contributed by atoms with Crippen LogP contribution in [0, 0.1) is 6.92 Å². The first-order valence-electron chi connectivity index (χ1n) is 14.2. The second-order valence-electron chi connectivity index (χ2n) is 10.2. The Kier molecular flexibility index (Phi) is 11.2. The van der Waals surface area contributed by atoms with Crippen LogP contribution in [-0.4, -0.2) is 51.4 Å². The van der Waals surface area contributed by atoms with Crippen LogP contribution in [-0.2, 0) is 32.6 Å². The zero-order chi connectivity index (χ0) is 31.7. The van der Waals surface area contributed by atoms with Crippen LogP contribution in [0.4, 0.5) is 5.69 Å². The fourth-order valence-corrected chi connectivity index (χ4v) is 6.65. The Balaban J connectivity index is 1.77. The molecule has 0 aromatic heterocycles. The molecular formula is C34H36BrN3O5S. The molecule has 0 aliphatic heterocycles. The number of ether oxygens (including phenoxy) is 1. The zero-order valence-electron chi connectivity index (χ0n) is 24.9. The summed E-state index contributed by atoms with van der Waals surface area (Å²) in [5.74, 6) is -0.336. The lowest BCUT2D eigenvalue weighted by atomic mass is 10.0. The normalized spacial score (nSPS) is 11.8. The maximum atomic E-state index is 14.4. The number of sulfonamides is 1. The van der Waals surface area contributed by atoms with Crippen molar-refractivity contribution >= 4 is 43.5 Å². The van der Waals surface area contributed by atoms with Crippen molar-refractivity contribution in [3.05, 3.63) is 124 Å². The molecule has 44 heavy (non-hydrogen) atoms. The predicted molar refractivity (Wildman–Crippen MR) is 176 cm³/mol. The first-order chi connectivity index (χ1) is 21.1. The van der Waals surface area contributed by atoms with Crippen LogP contribution in [0.5, 0.6) is 5.75 Å². The first-order valence-corrected chi connectivity index (χ1v) is 16.5. The Morgan fingerprint density at radius 2 is 1.55 bits per heavy atom. The molecule has 0 aliphatic rings. The minimum atomic E-state index is -4.20. The van der Waals surface area contributed by atoms with E-state index in [-0.39, 0.29) is 23.8 Å². The molecule has 0 spiro atoms. The number of nitrogens with one attached hydrogen (secondary N) is 1. The summed E-state index contributed by atoms with van der Waals surface area (Å²) in [5.41, 5.74) is 2.92. The molecule has 0 saturated heterocycles. The summed E-state index contributed by atoms with van der Waals surface area (Å²) < 4.78 is 35.7. The van der Waals surface area contributed by atoms with Crippen molar-refractivity contribution in [1.29, 1.82) is 0 Å². The number of anilines is 1. The van der Waals surface area contributed by atoms with Crippen molar-refractivity contribution in [3.63, 3.8) is 0 Å². The SMILES string of the molecule is CCOc1ccc(S(=O)(=O)N(CC(=O)N(Cc2cccc(Br)c2)[C@H](Cc2ccccc2)C(=O)NC)c2ccc(C)cc2)cc1. The number of nitrogens with zero attached hydrogens (tertiary/aromatic N) is 2. The van der Waals surface area contributed by atoms with Gasteiger partial charge >= 0.3 is 0 Å². The van der Waals surface area contributed by atoms with Crippen LogP contribution < -0.4 is 14.4 Å². The number of rotatable bonds is 13. The molecule has 0 unspecified atom stereocenters. The predicted octanol–water partition coefficient (Wildman–Crippen LogP) is 5.74. The summed E-state index contributed by atoms with van der Waals surface area (Å²) >= 11 is 3.49. The monoisotopic (exact) mass is 677 g/mol. The molecule has 0 fully saturated rings. The van der Waals surface area contributed by atoms with Gasteiger partial charge in [-0.15, -0.1) is 0 Å². The van der Waals surface area contributed by atoms with E-state index in [0.717, 1.165) is 25.5 Å². The Morgan fingerprint density at radius 3 is 2.16 bits per heavy atom. The number of likely N-dealkylation sites (N-methyl/N-ethyl adjacent to an activating group) is 1. The molecule has 10 heteroatoms. The summed E-state index contributed by atoms with van der Waals surface area (Å²) in [5, 5.41) is 2.69. The van der Waals surface area contributed by atoms with Crippen LogP contribution in [0.1, 0.15) is 23.6 Å². The second kappa shape index (κ2) is 15.0. The van der Waals surface area contributed by atoms with E-state index in [9.17, 15) is 18.0 Å². The average molecular weight is 679 g/mol. The summed E-state index contributed by atoms with van der Waals surface area (Å²) in [7, 11) is -2.67. The fourth-order valence-electron chi connectivity index (χ4n) is 4.79. The number of aryl methyl sites for hydroxylation is 1. The lowest BCUT2D eigenvalue weighted by Gasteiger charge is -2.33. The zero-order valence-corrected chi connectivity index (χ0v) is 27.3. The van der Waals surface area contributed by atoms with Crippen molar-refractivity contribution in [2.75, 3.05) is 24.5 Å². The van der Waals surface area contributed by atoms with Crippen LogP contribution in [0.15, 0.2) is 112 Å². The number of hydrogen-bond acceptors (Lipinski definition) is 5. The van der Waals surface area contributed by atoms with Crippen molar-refractivity contribution in [2.45, 2.75) is 37.8 Å². The number of amides is 2. The summed E-state index contributed by atoms with van der Waals surface area (Å²) in [6.45, 7) is 3.76. The third-order valence-corrected chi connectivity index (χ3v) is 9.36. The van der Waals surface area contributed by atoms with Gasteiger partial charge in [-0.3, -0.25) is 13.9 Å². The standard InChI is InChI=1S/C34H36BrN3O5S/c1-4-43-30-17-19-31(20-18-30)44(41,42)38(29-15-13-25(2)14-16-29)24-33(39)37(23-27-11-8-12-28(35)21-27)32(34(40)36-3)22-26-9-6-5-7-10-26/h5-21,32H,4,22-24H2,1-3H3,(H,36,40)/t32-/m1/s1. The van der Waals surface area contributed by atoms with Gasteiger partial charge in [0.2, 0.25) is 11.8 Å². The maximum Gasteiger partial charge on any atom is 0.264 e. The maximum absolute atomic E-state index is 14.4. The van der Waals surface area contributed by atoms with Gasteiger partial charge in [-0.25, -0.2) is 8.42 Å². The fraction of sp³-hybridized carbons (Fsp3) is 0.235. The van der Waals surface area contributed by atoms with Gasteiger partial charge in [0.1, 0.15) is 18.3 Å². The van der Waals surface area contributed by atoms with Gasteiger partial charge in [0.05, 0.1) is 17.2 Å². The topological polar surface area (TPSA) is 96.0 Å². The van der Waals surface area contributed by atoms with Gasteiger partial charge in [-0.2, -0.15) is 0 Å². The number of carbonyl (C=O) groups excluding carboxylic acids is 2. The van der Waals surface area contributed by atoms with Crippen molar-refractivity contribution < 1.29 is 22.7 Å². The Hall–Kier alpha value is -4.15. The van der Waals surface area contributed by atoms with E-state index in [0.29, 0.717) is 18.0 Å².